The third-order valence-corrected chi connectivity index (χ3v) is 14.5. The predicted molar refractivity (Wildman–Crippen MR) is 272 cm³/mol. The minimum absolute atomic E-state index is 0.973. The van der Waals surface area contributed by atoms with Crippen LogP contribution in [-0.4, -0.2) is 0 Å². The van der Waals surface area contributed by atoms with Crippen LogP contribution in [0.3, 0.4) is 0 Å². The van der Waals surface area contributed by atoms with Gasteiger partial charge in [0.2, 0.25) is 0 Å². The van der Waals surface area contributed by atoms with Crippen LogP contribution in [0, 0.1) is 0 Å². The quantitative estimate of drug-likeness (QED) is 0.147. The number of hydrogen-bond acceptors (Lipinski definition) is 1. The molecule has 0 aliphatic heterocycles. The second kappa shape index (κ2) is 16.2. The van der Waals surface area contributed by atoms with Gasteiger partial charge in [0.25, 0.3) is 0 Å². The van der Waals surface area contributed by atoms with Gasteiger partial charge in [0.05, 0.1) is 0 Å². The average Bonchev–Trinajstić information content (AvgIpc) is 3.71. The first-order chi connectivity index (χ1) is 30.6. The predicted octanol–water partition coefficient (Wildman–Crippen LogP) is 18.1. The summed E-state index contributed by atoms with van der Waals surface area (Å²) in [6.45, 7) is 4.73. The van der Waals surface area contributed by atoms with E-state index in [0.717, 1.165) is 32.1 Å². The molecule has 1 aliphatic rings. The van der Waals surface area contributed by atoms with Gasteiger partial charge >= 0.3 is 0 Å². The van der Waals surface area contributed by atoms with Crippen LogP contribution in [0.2, 0.25) is 0 Å². The van der Waals surface area contributed by atoms with Gasteiger partial charge in [0.15, 0.2) is 0 Å². The highest BCUT2D eigenvalue weighted by Gasteiger charge is 2.20. The monoisotopic (exact) mass is 812 g/mol. The number of thiophene rings is 1. The van der Waals surface area contributed by atoms with Crippen molar-refractivity contribution in [3.8, 4) is 22.3 Å². The van der Waals surface area contributed by atoms with Gasteiger partial charge in [-0.25, -0.2) is 0 Å². The van der Waals surface area contributed by atoms with Crippen molar-refractivity contribution < 1.29 is 0 Å². The Hall–Kier alpha value is -6.80. The minimum atomic E-state index is 0.973. The van der Waals surface area contributed by atoms with Gasteiger partial charge in [-0.3, -0.25) is 0 Å². The maximum atomic E-state index is 2.54. The minimum Gasteiger partial charge on any atom is -0.135 e. The van der Waals surface area contributed by atoms with Crippen LogP contribution in [0.1, 0.15) is 62.6 Å². The Balaban J connectivity index is 1.05. The molecule has 0 amide bonds. The van der Waals surface area contributed by atoms with Crippen molar-refractivity contribution in [2.24, 2.45) is 0 Å². The standard InChI is InChI=1S/C61H48S/c1-3-47-49(43-18-8-5-9-19-43)24-14-23-48(40(2)28-35-50(47)44-31-29-42(30-32-44)41-16-6-4-7-17-41)45-33-36-56-57(38-45)53-21-11-10-20-52(53)55-26-15-25-51(61(55)56)46-34-37-60-58(39-46)54-22-12-13-27-59(54)62-60/h4-13,15-22,24-27,29-34,36-39H,3,14,23,28,35H2,1-2H3/b48-40-,49-24?,50-47?. The lowest BCUT2D eigenvalue weighted by molar-refractivity contribution is 0.949. The average molecular weight is 813 g/mol. The lowest BCUT2D eigenvalue weighted by Gasteiger charge is -2.22. The maximum Gasteiger partial charge on any atom is 0.0355 e. The molecule has 10 aromatic rings. The Morgan fingerprint density at radius 2 is 0.984 bits per heavy atom. The molecule has 0 saturated heterocycles. The van der Waals surface area contributed by atoms with E-state index in [0.29, 0.717) is 0 Å². The van der Waals surface area contributed by atoms with E-state index in [-0.39, 0.29) is 0 Å². The van der Waals surface area contributed by atoms with E-state index in [4.69, 9.17) is 0 Å². The van der Waals surface area contributed by atoms with E-state index >= 15 is 0 Å². The van der Waals surface area contributed by atoms with Gasteiger partial charge in [-0.05, 0) is 157 Å². The summed E-state index contributed by atoms with van der Waals surface area (Å²) in [6, 6.07) is 70.3. The molecule has 62 heavy (non-hydrogen) atoms. The van der Waals surface area contributed by atoms with Crippen molar-refractivity contribution in [1.29, 1.82) is 0 Å². The van der Waals surface area contributed by atoms with Gasteiger partial charge in [0.1, 0.15) is 0 Å². The Labute approximate surface area is 368 Å². The molecule has 1 aliphatic carbocycles. The van der Waals surface area contributed by atoms with Crippen LogP contribution in [0.25, 0.3) is 91.5 Å². The number of benzene rings is 9. The number of rotatable bonds is 6. The molecule has 0 atom stereocenters. The van der Waals surface area contributed by atoms with E-state index in [1.54, 1.807) is 0 Å². The largest absolute Gasteiger partial charge is 0.135 e. The van der Waals surface area contributed by atoms with Crippen molar-refractivity contribution in [2.45, 2.75) is 46.0 Å². The van der Waals surface area contributed by atoms with E-state index in [1.165, 1.54) is 119 Å². The zero-order chi connectivity index (χ0) is 41.6. The maximum absolute atomic E-state index is 2.54. The highest BCUT2D eigenvalue weighted by atomic mass is 32.1. The van der Waals surface area contributed by atoms with Gasteiger partial charge in [0, 0.05) is 20.2 Å². The zero-order valence-electron chi connectivity index (χ0n) is 35.4. The van der Waals surface area contributed by atoms with Crippen molar-refractivity contribution in [3.63, 3.8) is 0 Å². The van der Waals surface area contributed by atoms with Gasteiger partial charge in [-0.1, -0.05) is 182 Å². The fourth-order valence-electron chi connectivity index (χ4n) is 10.3. The molecule has 0 N–H and O–H groups in total. The lowest BCUT2D eigenvalue weighted by Crippen LogP contribution is -2.00. The summed E-state index contributed by atoms with van der Waals surface area (Å²) in [4.78, 5) is 0. The molecule has 0 bridgehead atoms. The van der Waals surface area contributed by atoms with Crippen LogP contribution in [0.15, 0.2) is 205 Å². The second-order valence-electron chi connectivity index (χ2n) is 16.9. The molecule has 298 valence electrons. The lowest BCUT2D eigenvalue weighted by atomic mass is 9.82. The van der Waals surface area contributed by atoms with Gasteiger partial charge in [-0.2, -0.15) is 0 Å². The Morgan fingerprint density at radius 3 is 1.76 bits per heavy atom. The molecular weight excluding hydrogens is 765 g/mol. The topological polar surface area (TPSA) is 0 Å². The van der Waals surface area contributed by atoms with Gasteiger partial charge < -0.3 is 0 Å². The molecule has 0 saturated carbocycles. The highest BCUT2D eigenvalue weighted by molar-refractivity contribution is 7.25. The van der Waals surface area contributed by atoms with Crippen LogP contribution in [0.5, 0.6) is 0 Å². The fraction of sp³-hybridized carbons (Fsp3) is 0.115. The van der Waals surface area contributed by atoms with E-state index in [1.807, 2.05) is 11.3 Å². The normalized spacial score (nSPS) is 15.2. The Kier molecular flexibility index (Phi) is 9.99. The summed E-state index contributed by atoms with van der Waals surface area (Å²) in [5.74, 6) is 0. The van der Waals surface area contributed by atoms with Crippen molar-refractivity contribution in [1.82, 2.24) is 0 Å². The molecule has 0 spiro atoms. The summed E-state index contributed by atoms with van der Waals surface area (Å²) in [6.07, 6.45) is 7.49. The molecule has 0 unspecified atom stereocenters. The Bertz CT molecular complexity index is 3410. The molecule has 0 radical (unpaired) electrons. The van der Waals surface area contributed by atoms with Gasteiger partial charge in [-0.15, -0.1) is 11.3 Å². The van der Waals surface area contributed by atoms with Crippen molar-refractivity contribution in [2.75, 3.05) is 0 Å². The van der Waals surface area contributed by atoms with Crippen molar-refractivity contribution in [3.05, 3.63) is 222 Å². The van der Waals surface area contributed by atoms with Crippen LogP contribution < -0.4 is 0 Å². The molecule has 9 aromatic carbocycles. The summed E-state index contributed by atoms with van der Waals surface area (Å²) in [5, 5.41) is 10.6. The first kappa shape index (κ1) is 38.1. The molecule has 1 aromatic heterocycles. The van der Waals surface area contributed by atoms with E-state index in [2.05, 4.69) is 208 Å². The summed E-state index contributed by atoms with van der Waals surface area (Å²) in [7, 11) is 0. The highest BCUT2D eigenvalue weighted by Crippen LogP contribution is 2.45. The second-order valence-corrected chi connectivity index (χ2v) is 18.0. The smallest absolute Gasteiger partial charge is 0.0355 e. The molecule has 11 rings (SSSR count). The molecule has 1 heteroatoms. The fourth-order valence-corrected chi connectivity index (χ4v) is 11.4. The third kappa shape index (κ3) is 6.78. The van der Waals surface area contributed by atoms with E-state index < -0.39 is 0 Å². The molecule has 1 heterocycles. The summed E-state index contributed by atoms with van der Waals surface area (Å²) >= 11 is 1.88. The SMILES string of the molecule is CCC1=C(c2ccc(-c3ccccc3)cc2)CC/C(C)=C(\c2ccc3c(c2)c2ccccc2c2cccc(-c4ccc5sc6ccccc6c5c4)c23)CCC=C1c1ccccc1. The zero-order valence-corrected chi connectivity index (χ0v) is 36.2. The number of hydrogen-bond donors (Lipinski definition) is 0. The number of allylic oxidation sites excluding steroid dienone is 6. The van der Waals surface area contributed by atoms with Crippen LogP contribution >= 0.6 is 11.3 Å². The Morgan fingerprint density at radius 1 is 0.403 bits per heavy atom. The van der Waals surface area contributed by atoms with Crippen molar-refractivity contribution >= 4 is 80.5 Å². The summed E-state index contributed by atoms with van der Waals surface area (Å²) < 4.78 is 2.68. The summed E-state index contributed by atoms with van der Waals surface area (Å²) in [5.41, 5.74) is 16.3. The first-order valence-electron chi connectivity index (χ1n) is 22.2. The molecule has 0 fully saturated rings. The molecule has 0 nitrogen and oxygen atoms in total. The van der Waals surface area contributed by atoms with E-state index in [9.17, 15) is 0 Å². The first-order valence-corrected chi connectivity index (χ1v) is 23.1. The van der Waals surface area contributed by atoms with Crippen LogP contribution in [-0.2, 0) is 0 Å². The van der Waals surface area contributed by atoms with Crippen LogP contribution in [0.4, 0.5) is 0 Å². The number of fused-ring (bicyclic) bond motifs is 9. The third-order valence-electron chi connectivity index (χ3n) is 13.4. The molecular formula is C61H48S.